The minimum absolute atomic E-state index is 0.0207. The summed E-state index contributed by atoms with van der Waals surface area (Å²) in [6, 6.07) is 16.3. The van der Waals surface area contributed by atoms with Crippen molar-refractivity contribution in [2.45, 2.75) is 40.5 Å². The minimum atomic E-state index is -0.816. The van der Waals surface area contributed by atoms with Crippen LogP contribution in [0.2, 0.25) is 0 Å². The molecule has 6 rings (SSSR count). The fraction of sp³-hybridized carbons (Fsp3) is 0.423. The van der Waals surface area contributed by atoms with Crippen molar-refractivity contribution in [3.63, 3.8) is 0 Å². The van der Waals surface area contributed by atoms with Gasteiger partial charge in [-0.3, -0.25) is 14.4 Å². The number of carbonyl (C=O) groups excluding carboxylic acids is 3. The van der Waals surface area contributed by atoms with E-state index in [4.69, 9.17) is 0 Å². The highest BCUT2D eigenvalue weighted by Gasteiger charge is 2.75. The fourth-order valence-corrected chi connectivity index (χ4v) is 9.88. The van der Waals surface area contributed by atoms with Gasteiger partial charge in [-0.1, -0.05) is 63.6 Å². The van der Waals surface area contributed by atoms with E-state index in [2.05, 4.69) is 36.9 Å². The van der Waals surface area contributed by atoms with Crippen LogP contribution < -0.4 is 10.6 Å². The number of nitrogens with zero attached hydrogens (tertiary/aromatic N) is 4. The van der Waals surface area contributed by atoms with Crippen molar-refractivity contribution in [1.29, 1.82) is 0 Å². The summed E-state index contributed by atoms with van der Waals surface area (Å²) in [5.74, 6) is -1.98. The molecule has 1 spiro atoms. The summed E-state index contributed by atoms with van der Waals surface area (Å²) < 4.78 is 0.830. The number of hydrogen-bond donors (Lipinski definition) is 3. The van der Waals surface area contributed by atoms with Gasteiger partial charge in [0.15, 0.2) is 0 Å². The number of benzene rings is 2. The number of amides is 3. The summed E-state index contributed by atoms with van der Waals surface area (Å²) in [4.78, 5) is 42.5. The Morgan fingerprint density at radius 3 is 2.66 bits per heavy atom. The summed E-state index contributed by atoms with van der Waals surface area (Å²) in [6.45, 7) is 0.204. The van der Waals surface area contributed by atoms with Crippen molar-refractivity contribution in [1.82, 2.24) is 30.5 Å². The van der Waals surface area contributed by atoms with Crippen LogP contribution in [0.25, 0.3) is 11.0 Å². The summed E-state index contributed by atoms with van der Waals surface area (Å²) in [5, 5.41) is 23.9. The van der Waals surface area contributed by atoms with Crippen molar-refractivity contribution < 1.29 is 19.5 Å². The molecule has 3 unspecified atom stereocenters. The zero-order valence-corrected chi connectivity index (χ0v) is 22.8. The van der Waals surface area contributed by atoms with Crippen molar-refractivity contribution >= 4 is 56.4 Å². The van der Waals surface area contributed by atoms with Gasteiger partial charge in [0.1, 0.15) is 18.2 Å². The van der Waals surface area contributed by atoms with Gasteiger partial charge in [0.25, 0.3) is 0 Å². The van der Waals surface area contributed by atoms with Gasteiger partial charge >= 0.3 is 0 Å². The van der Waals surface area contributed by atoms with Gasteiger partial charge in [-0.2, -0.15) is 0 Å². The molecule has 3 aliphatic rings. The molecule has 198 valence electrons. The number of hydrogen-bond acceptors (Lipinski definition) is 7. The Labute approximate surface area is 231 Å². The molecule has 3 saturated heterocycles. The minimum Gasteiger partial charge on any atom is -0.395 e. The number of para-hydroxylation sites is 1. The molecule has 0 aliphatic carbocycles. The number of halogens is 1. The third-order valence-electron chi connectivity index (χ3n) is 7.81. The molecule has 2 aromatic carbocycles. The molecular weight excluding hydrogens is 572 g/mol. The first-order valence-electron chi connectivity index (χ1n) is 12.6. The molecule has 3 N–H and O–H groups in total. The first kappa shape index (κ1) is 25.3. The number of carbonyl (C=O) groups is 3. The second-order valence-electron chi connectivity index (χ2n) is 9.90. The maximum atomic E-state index is 13.8. The van der Waals surface area contributed by atoms with E-state index in [1.807, 2.05) is 54.6 Å². The number of aliphatic hydroxyl groups is 1. The molecule has 0 radical (unpaired) electrons. The van der Waals surface area contributed by atoms with Gasteiger partial charge < -0.3 is 20.6 Å². The van der Waals surface area contributed by atoms with E-state index in [0.717, 1.165) is 16.6 Å². The standard InChI is InChI=1S/C26H27BrN6O4S/c27-16-12-26-20(19(21(16)38-26)23(35)28-13-15-6-2-1-3-7-15)25(37)32(10-11-34)22(26)24(36)29-14-33-18-9-5-4-8-17(18)30-31-33/h1-9,16,19-22,34H,10-14H2,(H,28,35)(H,29,36)/t16?,19-,20+,21-,22?,26?/m1/s1. The van der Waals surface area contributed by atoms with Crippen molar-refractivity contribution in [2.75, 3.05) is 13.2 Å². The number of alkyl halides is 1. The van der Waals surface area contributed by atoms with E-state index in [-0.39, 0.29) is 47.6 Å². The number of nitrogens with one attached hydrogen (secondary N) is 2. The van der Waals surface area contributed by atoms with Crippen molar-refractivity contribution in [2.24, 2.45) is 11.8 Å². The Hall–Kier alpha value is -2.96. The first-order chi connectivity index (χ1) is 18.4. The van der Waals surface area contributed by atoms with E-state index < -0.39 is 22.6 Å². The molecule has 3 aliphatic heterocycles. The average molecular weight is 600 g/mol. The Morgan fingerprint density at radius 1 is 1.11 bits per heavy atom. The third-order valence-corrected chi connectivity index (χ3v) is 11.0. The number of aromatic nitrogens is 3. The maximum absolute atomic E-state index is 13.8. The second kappa shape index (κ2) is 9.97. The quantitative estimate of drug-likeness (QED) is 0.333. The van der Waals surface area contributed by atoms with E-state index in [0.29, 0.717) is 13.0 Å². The molecule has 4 heterocycles. The second-order valence-corrected chi connectivity index (χ2v) is 12.6. The van der Waals surface area contributed by atoms with E-state index in [9.17, 15) is 19.5 Å². The van der Waals surface area contributed by atoms with Crippen LogP contribution >= 0.6 is 27.7 Å². The Bertz CT molecular complexity index is 1390. The van der Waals surface area contributed by atoms with Crippen LogP contribution in [-0.4, -0.2) is 76.7 Å². The van der Waals surface area contributed by atoms with Crippen LogP contribution in [0, 0.1) is 11.8 Å². The summed E-state index contributed by atoms with van der Waals surface area (Å²) in [7, 11) is 0. The van der Waals surface area contributed by atoms with E-state index in [1.54, 1.807) is 16.4 Å². The average Bonchev–Trinajstić information content (AvgIpc) is 3.64. The highest BCUT2D eigenvalue weighted by Crippen LogP contribution is 2.67. The molecule has 2 bridgehead atoms. The van der Waals surface area contributed by atoms with Gasteiger partial charge in [0, 0.05) is 23.2 Å². The number of β-amino-alcohol motifs (C(OH)–C–C–N with tert-alkyl or cyclic N) is 1. The molecule has 12 heteroatoms. The lowest BCUT2D eigenvalue weighted by Gasteiger charge is -2.35. The highest BCUT2D eigenvalue weighted by molar-refractivity contribution is 9.09. The molecule has 3 aromatic rings. The highest BCUT2D eigenvalue weighted by atomic mass is 79.9. The molecule has 3 fully saturated rings. The number of thioether (sulfide) groups is 1. The van der Waals surface area contributed by atoms with Gasteiger partial charge in [-0.15, -0.1) is 16.9 Å². The van der Waals surface area contributed by atoms with Crippen LogP contribution in [-0.2, 0) is 27.6 Å². The Morgan fingerprint density at radius 2 is 1.87 bits per heavy atom. The molecule has 38 heavy (non-hydrogen) atoms. The zero-order valence-electron chi connectivity index (χ0n) is 20.4. The SMILES string of the molecule is O=C(NCn1nnc2ccccc21)C1N(CCO)C(=O)[C@@H]2[C@@H](C(=O)NCc3ccccc3)[C@@H]3SC12CC3Br. The predicted octanol–water partition coefficient (Wildman–Crippen LogP) is 1.28. The summed E-state index contributed by atoms with van der Waals surface area (Å²) in [6.07, 6.45) is 0.577. The topological polar surface area (TPSA) is 129 Å². The van der Waals surface area contributed by atoms with Crippen molar-refractivity contribution in [3.05, 3.63) is 60.2 Å². The molecule has 1 aromatic heterocycles. The van der Waals surface area contributed by atoms with Gasteiger partial charge in [0.05, 0.1) is 28.7 Å². The molecule has 0 saturated carbocycles. The normalized spacial score (nSPS) is 29.6. The van der Waals surface area contributed by atoms with Crippen molar-refractivity contribution in [3.8, 4) is 0 Å². The largest absolute Gasteiger partial charge is 0.395 e. The first-order valence-corrected chi connectivity index (χ1v) is 14.3. The number of aliphatic hydroxyl groups excluding tert-OH is 1. The lowest BCUT2D eigenvalue weighted by molar-refractivity contribution is -0.140. The van der Waals surface area contributed by atoms with Gasteiger partial charge in [-0.25, -0.2) is 4.68 Å². The maximum Gasteiger partial charge on any atom is 0.245 e. The zero-order chi connectivity index (χ0) is 26.4. The predicted molar refractivity (Wildman–Crippen MR) is 145 cm³/mol. The van der Waals surface area contributed by atoms with Gasteiger partial charge in [0.2, 0.25) is 17.7 Å². The fourth-order valence-electron chi connectivity index (χ4n) is 6.26. The molecule has 6 atom stereocenters. The van der Waals surface area contributed by atoms with Crippen LogP contribution in [0.1, 0.15) is 12.0 Å². The van der Waals surface area contributed by atoms with E-state index in [1.165, 1.54) is 4.90 Å². The number of fused-ring (bicyclic) bond motifs is 2. The number of rotatable bonds is 8. The van der Waals surface area contributed by atoms with Crippen LogP contribution in [0.3, 0.4) is 0 Å². The van der Waals surface area contributed by atoms with Gasteiger partial charge in [-0.05, 0) is 24.1 Å². The monoisotopic (exact) mass is 598 g/mol. The molecule has 3 amide bonds. The smallest absolute Gasteiger partial charge is 0.245 e. The molecule has 10 nitrogen and oxygen atoms in total. The Kier molecular flexibility index (Phi) is 6.65. The van der Waals surface area contributed by atoms with Crippen LogP contribution in [0.15, 0.2) is 54.6 Å². The lowest BCUT2D eigenvalue weighted by atomic mass is 9.70. The lowest BCUT2D eigenvalue weighted by Crippen LogP contribution is -2.55. The van der Waals surface area contributed by atoms with Crippen LogP contribution in [0.5, 0.6) is 0 Å². The third kappa shape index (κ3) is 4.00. The Balaban J connectivity index is 1.25. The van der Waals surface area contributed by atoms with E-state index >= 15 is 0 Å². The molecular formula is C26H27BrN6O4S. The van der Waals surface area contributed by atoms with Crippen LogP contribution in [0.4, 0.5) is 0 Å². The summed E-state index contributed by atoms with van der Waals surface area (Å²) >= 11 is 5.31. The summed E-state index contributed by atoms with van der Waals surface area (Å²) in [5.41, 5.74) is 2.47. The number of likely N-dealkylation sites (tertiary alicyclic amines) is 1.